The Kier molecular flexibility index (Phi) is 7.17. The van der Waals surface area contributed by atoms with Crippen molar-refractivity contribution in [3.8, 4) is 22.8 Å². The normalized spacial score (nSPS) is 11.0. The number of pyridine rings is 1. The molecule has 2 heterocycles. The Morgan fingerprint density at radius 1 is 1.03 bits per heavy atom. The third-order valence-corrected chi connectivity index (χ3v) is 5.95. The number of amides is 1. The SMILES string of the molecule is Cc1ccc(-n2c(SCC(=O)Nc3ccc(OC(F)F)cc3)nnc2-c2ccncc2)cc1C. The fourth-order valence-corrected chi connectivity index (χ4v) is 3.95. The van der Waals surface area contributed by atoms with Crippen LogP contribution in [0.4, 0.5) is 14.5 Å². The first kappa shape index (κ1) is 23.4. The number of nitrogens with one attached hydrogen (secondary N) is 1. The largest absolute Gasteiger partial charge is 0.435 e. The summed E-state index contributed by atoms with van der Waals surface area (Å²) in [4.78, 5) is 16.6. The van der Waals surface area contributed by atoms with Gasteiger partial charge in [-0.3, -0.25) is 14.3 Å². The molecule has 0 aliphatic rings. The van der Waals surface area contributed by atoms with Gasteiger partial charge in [-0.15, -0.1) is 10.2 Å². The van der Waals surface area contributed by atoms with Crippen LogP contribution in [0.2, 0.25) is 0 Å². The molecule has 0 spiro atoms. The van der Waals surface area contributed by atoms with Crippen LogP contribution in [-0.4, -0.2) is 38.0 Å². The van der Waals surface area contributed by atoms with Gasteiger partial charge in [-0.05, 0) is 73.5 Å². The molecule has 0 radical (unpaired) electrons. The van der Waals surface area contributed by atoms with Crippen LogP contribution in [0.3, 0.4) is 0 Å². The summed E-state index contributed by atoms with van der Waals surface area (Å²) in [5.41, 5.74) is 4.50. The molecule has 34 heavy (non-hydrogen) atoms. The highest BCUT2D eigenvalue weighted by Crippen LogP contribution is 2.29. The van der Waals surface area contributed by atoms with E-state index in [1.54, 1.807) is 12.4 Å². The van der Waals surface area contributed by atoms with Crippen molar-refractivity contribution in [1.82, 2.24) is 19.7 Å². The van der Waals surface area contributed by atoms with Gasteiger partial charge in [0.25, 0.3) is 0 Å². The maximum Gasteiger partial charge on any atom is 0.387 e. The van der Waals surface area contributed by atoms with Crippen molar-refractivity contribution < 1.29 is 18.3 Å². The second kappa shape index (κ2) is 10.4. The minimum Gasteiger partial charge on any atom is -0.435 e. The summed E-state index contributed by atoms with van der Waals surface area (Å²) < 4.78 is 30.8. The van der Waals surface area contributed by atoms with Crippen molar-refractivity contribution >= 4 is 23.4 Å². The molecule has 2 aromatic heterocycles. The molecule has 2 aromatic carbocycles. The van der Waals surface area contributed by atoms with Crippen molar-refractivity contribution in [3.05, 3.63) is 78.1 Å². The van der Waals surface area contributed by atoms with Crippen LogP contribution >= 0.6 is 11.8 Å². The highest BCUT2D eigenvalue weighted by Gasteiger charge is 2.18. The van der Waals surface area contributed by atoms with Crippen LogP contribution in [0, 0.1) is 13.8 Å². The average Bonchev–Trinajstić information content (AvgIpc) is 3.25. The number of hydrogen-bond donors (Lipinski definition) is 1. The van der Waals surface area contributed by atoms with Gasteiger partial charge in [0.15, 0.2) is 11.0 Å². The molecule has 0 bridgehead atoms. The Morgan fingerprint density at radius 3 is 2.44 bits per heavy atom. The summed E-state index contributed by atoms with van der Waals surface area (Å²) in [5, 5.41) is 12.0. The van der Waals surface area contributed by atoms with E-state index in [0.717, 1.165) is 16.8 Å². The van der Waals surface area contributed by atoms with Gasteiger partial charge in [0.2, 0.25) is 5.91 Å². The van der Waals surface area contributed by atoms with Gasteiger partial charge in [0.05, 0.1) is 11.4 Å². The van der Waals surface area contributed by atoms with Crippen molar-refractivity contribution in [2.75, 3.05) is 11.1 Å². The molecule has 0 saturated heterocycles. The number of anilines is 1. The number of nitrogens with zero attached hydrogens (tertiary/aromatic N) is 4. The van der Waals surface area contributed by atoms with Crippen LogP contribution in [0.25, 0.3) is 17.1 Å². The zero-order valence-corrected chi connectivity index (χ0v) is 19.2. The number of alkyl halides is 2. The average molecular weight is 482 g/mol. The maximum atomic E-state index is 12.5. The third kappa shape index (κ3) is 5.57. The highest BCUT2D eigenvalue weighted by atomic mass is 32.2. The first-order valence-corrected chi connectivity index (χ1v) is 11.3. The molecule has 1 amide bonds. The van der Waals surface area contributed by atoms with Gasteiger partial charge in [-0.1, -0.05) is 17.8 Å². The minimum atomic E-state index is -2.90. The molecule has 10 heteroatoms. The van der Waals surface area contributed by atoms with E-state index in [2.05, 4.69) is 31.3 Å². The second-order valence-corrected chi connectivity index (χ2v) is 8.33. The highest BCUT2D eigenvalue weighted by molar-refractivity contribution is 7.99. The van der Waals surface area contributed by atoms with Crippen molar-refractivity contribution in [3.63, 3.8) is 0 Å². The molecular weight excluding hydrogens is 460 g/mol. The van der Waals surface area contributed by atoms with Gasteiger partial charge >= 0.3 is 6.61 Å². The summed E-state index contributed by atoms with van der Waals surface area (Å²) >= 11 is 1.24. The van der Waals surface area contributed by atoms with E-state index in [-0.39, 0.29) is 17.4 Å². The van der Waals surface area contributed by atoms with Crippen LogP contribution in [0.1, 0.15) is 11.1 Å². The van der Waals surface area contributed by atoms with Gasteiger partial charge in [-0.2, -0.15) is 8.78 Å². The standard InChI is InChI=1S/C24H21F2N5O2S/c1-15-3-6-19(13-16(15)2)31-22(17-9-11-27-12-10-17)29-30-24(31)34-14-21(32)28-18-4-7-20(8-5-18)33-23(25)26/h3-13,23H,14H2,1-2H3,(H,28,32). The van der Waals surface area contributed by atoms with Crippen LogP contribution in [-0.2, 0) is 4.79 Å². The van der Waals surface area contributed by atoms with Gasteiger partial charge in [-0.25, -0.2) is 0 Å². The van der Waals surface area contributed by atoms with E-state index in [4.69, 9.17) is 0 Å². The van der Waals surface area contributed by atoms with Crippen molar-refractivity contribution in [2.24, 2.45) is 0 Å². The zero-order chi connectivity index (χ0) is 24.1. The molecule has 0 aliphatic carbocycles. The molecule has 4 rings (SSSR count). The van der Waals surface area contributed by atoms with E-state index in [9.17, 15) is 13.6 Å². The first-order chi connectivity index (χ1) is 16.4. The quantitative estimate of drug-likeness (QED) is 0.345. The Hall–Kier alpha value is -3.79. The number of aryl methyl sites for hydroxylation is 2. The number of carbonyl (C=O) groups excluding carboxylic acids is 1. The first-order valence-electron chi connectivity index (χ1n) is 10.3. The lowest BCUT2D eigenvalue weighted by Gasteiger charge is -2.12. The fourth-order valence-electron chi connectivity index (χ4n) is 3.20. The maximum absolute atomic E-state index is 12.5. The zero-order valence-electron chi connectivity index (χ0n) is 18.4. The summed E-state index contributed by atoms with van der Waals surface area (Å²) in [7, 11) is 0. The number of halogens is 2. The van der Waals surface area contributed by atoms with Crippen molar-refractivity contribution in [2.45, 2.75) is 25.6 Å². The molecule has 1 N–H and O–H groups in total. The number of rotatable bonds is 8. The van der Waals surface area contributed by atoms with Crippen LogP contribution in [0.5, 0.6) is 5.75 Å². The van der Waals surface area contributed by atoms with E-state index >= 15 is 0 Å². The van der Waals surface area contributed by atoms with E-state index in [1.165, 1.54) is 41.6 Å². The predicted molar refractivity (Wildman–Crippen MR) is 126 cm³/mol. The molecule has 0 atom stereocenters. The fraction of sp³-hybridized carbons (Fsp3) is 0.167. The van der Waals surface area contributed by atoms with Gasteiger partial charge in [0.1, 0.15) is 5.75 Å². The van der Waals surface area contributed by atoms with E-state index in [1.807, 2.05) is 42.7 Å². The topological polar surface area (TPSA) is 81.9 Å². The predicted octanol–water partition coefficient (Wildman–Crippen LogP) is 5.28. The van der Waals surface area contributed by atoms with Gasteiger partial charge < -0.3 is 10.1 Å². The number of thioether (sulfide) groups is 1. The molecule has 7 nitrogen and oxygen atoms in total. The molecular formula is C24H21F2N5O2S. The van der Waals surface area contributed by atoms with Crippen LogP contribution in [0.15, 0.2) is 72.1 Å². The Bertz CT molecular complexity index is 1280. The van der Waals surface area contributed by atoms with Crippen molar-refractivity contribution in [1.29, 1.82) is 0 Å². The Morgan fingerprint density at radius 2 is 1.76 bits per heavy atom. The number of ether oxygens (including phenoxy) is 1. The minimum absolute atomic E-state index is 0.0208. The summed E-state index contributed by atoms with van der Waals surface area (Å²) in [5.74, 6) is 0.470. The lowest BCUT2D eigenvalue weighted by Crippen LogP contribution is -2.14. The van der Waals surface area contributed by atoms with Gasteiger partial charge in [0, 0.05) is 23.6 Å². The molecule has 0 fully saturated rings. The number of aromatic nitrogens is 4. The van der Waals surface area contributed by atoms with E-state index in [0.29, 0.717) is 16.7 Å². The van der Waals surface area contributed by atoms with Crippen LogP contribution < -0.4 is 10.1 Å². The molecule has 0 unspecified atom stereocenters. The molecule has 0 saturated carbocycles. The third-order valence-electron chi connectivity index (χ3n) is 5.02. The van der Waals surface area contributed by atoms with E-state index < -0.39 is 6.61 Å². The summed E-state index contributed by atoms with van der Waals surface area (Å²) in [6.45, 7) is 1.18. The summed E-state index contributed by atoms with van der Waals surface area (Å²) in [6, 6.07) is 15.5. The number of carbonyl (C=O) groups is 1. The molecule has 174 valence electrons. The monoisotopic (exact) mass is 481 g/mol. The second-order valence-electron chi connectivity index (χ2n) is 7.39. The summed E-state index contributed by atoms with van der Waals surface area (Å²) in [6.07, 6.45) is 3.37. The Balaban J connectivity index is 1.53. The lowest BCUT2D eigenvalue weighted by atomic mass is 10.1. The molecule has 4 aromatic rings. The Labute approximate surface area is 199 Å². The number of hydrogen-bond acceptors (Lipinski definition) is 6. The number of benzene rings is 2. The smallest absolute Gasteiger partial charge is 0.387 e. The molecule has 0 aliphatic heterocycles. The lowest BCUT2D eigenvalue weighted by molar-refractivity contribution is -0.113.